The first-order valence-corrected chi connectivity index (χ1v) is 10.9. The number of carbonyl (C=O) groups excluding carboxylic acids is 1. The SMILES string of the molecule is CC(Sc1ccccn1)C(=O)Nc1cccc(S(=O)(=O)N2CCOCC2)c1. The number of pyridine rings is 1. The van der Waals surface area contributed by atoms with E-state index in [4.69, 9.17) is 4.74 Å². The summed E-state index contributed by atoms with van der Waals surface area (Å²) in [7, 11) is -3.60. The average molecular weight is 408 g/mol. The molecule has 9 heteroatoms. The van der Waals surface area contributed by atoms with Crippen LogP contribution in [0.4, 0.5) is 5.69 Å². The van der Waals surface area contributed by atoms with E-state index in [9.17, 15) is 13.2 Å². The van der Waals surface area contributed by atoms with E-state index < -0.39 is 10.0 Å². The molecule has 1 aromatic heterocycles. The number of rotatable bonds is 6. The van der Waals surface area contributed by atoms with Gasteiger partial charge in [-0.2, -0.15) is 4.31 Å². The quantitative estimate of drug-likeness (QED) is 0.739. The molecule has 1 amide bonds. The van der Waals surface area contributed by atoms with Gasteiger partial charge < -0.3 is 10.1 Å². The van der Waals surface area contributed by atoms with Gasteiger partial charge in [-0.05, 0) is 37.3 Å². The lowest BCUT2D eigenvalue weighted by atomic mass is 10.3. The van der Waals surface area contributed by atoms with Crippen molar-refractivity contribution < 1.29 is 17.9 Å². The molecule has 1 aromatic carbocycles. The summed E-state index contributed by atoms with van der Waals surface area (Å²) < 4.78 is 32.1. The standard InChI is InChI=1S/C18H21N3O4S2/c1-14(26-17-7-2-3-8-19-17)18(22)20-15-5-4-6-16(13-15)27(23,24)21-9-11-25-12-10-21/h2-8,13-14H,9-12H2,1H3,(H,20,22). The van der Waals surface area contributed by atoms with Crippen molar-refractivity contribution in [3.8, 4) is 0 Å². The van der Waals surface area contributed by atoms with Crippen molar-refractivity contribution >= 4 is 33.4 Å². The summed E-state index contributed by atoms with van der Waals surface area (Å²) in [5.41, 5.74) is 0.447. The van der Waals surface area contributed by atoms with Gasteiger partial charge in [-0.3, -0.25) is 4.79 Å². The molecular weight excluding hydrogens is 386 g/mol. The smallest absolute Gasteiger partial charge is 0.243 e. The molecule has 0 spiro atoms. The summed E-state index contributed by atoms with van der Waals surface area (Å²) in [6, 6.07) is 11.8. The van der Waals surface area contributed by atoms with Crippen LogP contribution >= 0.6 is 11.8 Å². The minimum absolute atomic E-state index is 0.159. The highest BCUT2D eigenvalue weighted by Gasteiger charge is 2.26. The predicted octanol–water partition coefficient (Wildman–Crippen LogP) is 2.22. The molecule has 2 heterocycles. The third-order valence-corrected chi connectivity index (χ3v) is 6.96. The van der Waals surface area contributed by atoms with E-state index in [-0.39, 0.29) is 16.1 Å². The fraction of sp³-hybridized carbons (Fsp3) is 0.333. The predicted molar refractivity (Wildman–Crippen MR) is 104 cm³/mol. The van der Waals surface area contributed by atoms with E-state index in [2.05, 4.69) is 10.3 Å². The number of amides is 1. The van der Waals surface area contributed by atoms with Crippen LogP contribution in [0.25, 0.3) is 0 Å². The Balaban J connectivity index is 1.69. The Morgan fingerprint density at radius 3 is 2.70 bits per heavy atom. The lowest BCUT2D eigenvalue weighted by Crippen LogP contribution is -2.40. The number of anilines is 1. The van der Waals surface area contributed by atoms with Crippen molar-refractivity contribution in [3.63, 3.8) is 0 Å². The molecule has 2 aromatic rings. The molecular formula is C18H21N3O4S2. The van der Waals surface area contributed by atoms with Gasteiger partial charge in [0.1, 0.15) is 0 Å². The van der Waals surface area contributed by atoms with Crippen molar-refractivity contribution in [2.45, 2.75) is 22.1 Å². The number of thioether (sulfide) groups is 1. The Hall–Kier alpha value is -1.94. The zero-order chi connectivity index (χ0) is 19.3. The van der Waals surface area contributed by atoms with Gasteiger partial charge in [0.15, 0.2) is 0 Å². The van der Waals surface area contributed by atoms with E-state index in [1.165, 1.54) is 28.2 Å². The van der Waals surface area contributed by atoms with Crippen LogP contribution in [0.5, 0.6) is 0 Å². The van der Waals surface area contributed by atoms with Gasteiger partial charge in [-0.25, -0.2) is 13.4 Å². The molecule has 1 fully saturated rings. The number of carbonyl (C=O) groups is 1. The second-order valence-corrected chi connectivity index (χ2v) is 9.26. The van der Waals surface area contributed by atoms with E-state index in [1.807, 2.05) is 18.2 Å². The van der Waals surface area contributed by atoms with Crippen LogP contribution in [-0.2, 0) is 19.6 Å². The normalized spacial score (nSPS) is 16.6. The molecule has 1 atom stereocenters. The number of hydrogen-bond acceptors (Lipinski definition) is 6. The maximum Gasteiger partial charge on any atom is 0.243 e. The summed E-state index contributed by atoms with van der Waals surface area (Å²) in [4.78, 5) is 16.8. The van der Waals surface area contributed by atoms with Crippen molar-refractivity contribution in [3.05, 3.63) is 48.7 Å². The van der Waals surface area contributed by atoms with Crippen LogP contribution < -0.4 is 5.32 Å². The summed E-state index contributed by atoms with van der Waals surface area (Å²) in [5.74, 6) is -0.216. The van der Waals surface area contributed by atoms with E-state index in [0.29, 0.717) is 32.0 Å². The lowest BCUT2D eigenvalue weighted by molar-refractivity contribution is -0.115. The number of nitrogens with one attached hydrogen (secondary N) is 1. The fourth-order valence-corrected chi connectivity index (χ4v) is 4.83. The number of sulfonamides is 1. The summed E-state index contributed by atoms with van der Waals surface area (Å²) in [6.07, 6.45) is 1.67. The Bertz CT molecular complexity index is 884. The molecule has 1 saturated heterocycles. The highest BCUT2D eigenvalue weighted by atomic mass is 32.2. The van der Waals surface area contributed by atoms with Crippen molar-refractivity contribution in [2.24, 2.45) is 0 Å². The van der Waals surface area contributed by atoms with E-state index >= 15 is 0 Å². The third kappa shape index (κ3) is 5.07. The largest absolute Gasteiger partial charge is 0.379 e. The molecule has 0 bridgehead atoms. The molecule has 0 saturated carbocycles. The topological polar surface area (TPSA) is 88.6 Å². The van der Waals surface area contributed by atoms with Crippen LogP contribution in [0.15, 0.2) is 58.6 Å². The van der Waals surface area contributed by atoms with E-state index in [1.54, 1.807) is 25.3 Å². The lowest BCUT2D eigenvalue weighted by Gasteiger charge is -2.26. The number of ether oxygens (including phenoxy) is 1. The first kappa shape index (κ1) is 19.8. The zero-order valence-corrected chi connectivity index (χ0v) is 16.5. The molecule has 144 valence electrons. The Morgan fingerprint density at radius 2 is 2.00 bits per heavy atom. The molecule has 1 aliphatic heterocycles. The molecule has 7 nitrogen and oxygen atoms in total. The van der Waals surface area contributed by atoms with Crippen LogP contribution in [0.1, 0.15) is 6.92 Å². The Morgan fingerprint density at radius 1 is 1.22 bits per heavy atom. The number of morpholine rings is 1. The van der Waals surface area contributed by atoms with Crippen LogP contribution in [-0.4, -0.2) is 55.2 Å². The zero-order valence-electron chi connectivity index (χ0n) is 14.9. The maximum absolute atomic E-state index is 12.7. The van der Waals surface area contributed by atoms with Gasteiger partial charge in [-0.15, -0.1) is 0 Å². The van der Waals surface area contributed by atoms with Crippen LogP contribution in [0.3, 0.4) is 0 Å². The Kier molecular flexibility index (Phi) is 6.48. The van der Waals surface area contributed by atoms with Gasteiger partial charge in [0, 0.05) is 25.0 Å². The summed E-state index contributed by atoms with van der Waals surface area (Å²) in [5, 5.41) is 3.16. The minimum atomic E-state index is -3.60. The first-order chi connectivity index (χ1) is 13.0. The third-order valence-electron chi connectivity index (χ3n) is 4.01. The summed E-state index contributed by atoms with van der Waals surface area (Å²) in [6.45, 7) is 3.21. The average Bonchev–Trinajstić information content (AvgIpc) is 2.69. The summed E-state index contributed by atoms with van der Waals surface area (Å²) >= 11 is 1.34. The van der Waals surface area contributed by atoms with Gasteiger partial charge >= 0.3 is 0 Å². The van der Waals surface area contributed by atoms with Gasteiger partial charge in [0.25, 0.3) is 0 Å². The number of benzene rings is 1. The molecule has 1 N–H and O–H groups in total. The number of nitrogens with zero attached hydrogens (tertiary/aromatic N) is 2. The van der Waals surface area contributed by atoms with Crippen molar-refractivity contribution in [1.29, 1.82) is 0 Å². The molecule has 0 aliphatic carbocycles. The first-order valence-electron chi connectivity index (χ1n) is 8.53. The van der Waals surface area contributed by atoms with Gasteiger partial charge in [0.05, 0.1) is 28.4 Å². The Labute approximate surface area is 163 Å². The molecule has 0 radical (unpaired) electrons. The molecule has 1 unspecified atom stereocenters. The molecule has 27 heavy (non-hydrogen) atoms. The van der Waals surface area contributed by atoms with Gasteiger partial charge in [-0.1, -0.05) is 23.9 Å². The number of hydrogen-bond donors (Lipinski definition) is 1. The highest BCUT2D eigenvalue weighted by molar-refractivity contribution is 8.00. The second-order valence-electron chi connectivity index (χ2n) is 5.96. The van der Waals surface area contributed by atoms with Crippen molar-refractivity contribution in [1.82, 2.24) is 9.29 Å². The fourth-order valence-electron chi connectivity index (χ4n) is 2.57. The molecule has 3 rings (SSSR count). The van der Waals surface area contributed by atoms with Crippen molar-refractivity contribution in [2.75, 3.05) is 31.6 Å². The highest BCUT2D eigenvalue weighted by Crippen LogP contribution is 2.24. The number of aromatic nitrogens is 1. The van der Waals surface area contributed by atoms with Gasteiger partial charge in [0.2, 0.25) is 15.9 Å². The second kappa shape index (κ2) is 8.83. The van der Waals surface area contributed by atoms with Crippen LogP contribution in [0, 0.1) is 0 Å². The monoisotopic (exact) mass is 407 g/mol. The van der Waals surface area contributed by atoms with E-state index in [0.717, 1.165) is 5.03 Å². The van der Waals surface area contributed by atoms with Crippen LogP contribution in [0.2, 0.25) is 0 Å². The molecule has 1 aliphatic rings. The minimum Gasteiger partial charge on any atom is -0.379 e. The maximum atomic E-state index is 12.7.